The monoisotopic (exact) mass is 418 g/mol. The molecule has 0 aliphatic carbocycles. The molecule has 3 nitrogen and oxygen atoms in total. The van der Waals surface area contributed by atoms with Gasteiger partial charge in [-0.1, -0.05) is 23.2 Å². The van der Waals surface area contributed by atoms with E-state index in [9.17, 15) is 22.4 Å². The average Bonchev–Trinajstić information content (AvgIpc) is 2.52. The van der Waals surface area contributed by atoms with Crippen LogP contribution in [0.4, 0.5) is 23.2 Å². The second-order valence-corrected chi connectivity index (χ2v) is 7.70. The molecule has 0 radical (unpaired) electrons. The Bertz CT molecular complexity index is 635. The van der Waals surface area contributed by atoms with Gasteiger partial charge in [-0.2, -0.15) is 13.2 Å². The molecule has 1 aliphatic rings. The highest BCUT2D eigenvalue weighted by Gasteiger charge is 2.29. The fourth-order valence-electron chi connectivity index (χ4n) is 2.51. The van der Waals surface area contributed by atoms with Gasteiger partial charge in [0.2, 0.25) is 0 Å². The molecule has 1 aromatic carbocycles. The first-order valence-corrected chi connectivity index (χ1v) is 9.26. The molecule has 0 bridgehead atoms. The summed E-state index contributed by atoms with van der Waals surface area (Å²) in [5.74, 6) is -1.94. The maximum atomic E-state index is 14.3. The van der Waals surface area contributed by atoms with Gasteiger partial charge >= 0.3 is 6.18 Å². The quantitative estimate of drug-likeness (QED) is 0.415. The third-order valence-electron chi connectivity index (χ3n) is 3.75. The SMILES string of the molecule is Cc1cc(F)c(N2CCN(C(=O)C(Cl)Cl)CC2)cc1SCC(F)(F)F. The first-order chi connectivity index (χ1) is 11.6. The second kappa shape index (κ2) is 8.22. The van der Waals surface area contributed by atoms with E-state index in [0.29, 0.717) is 48.4 Å². The molecule has 1 saturated heterocycles. The molecule has 1 amide bonds. The topological polar surface area (TPSA) is 23.6 Å². The van der Waals surface area contributed by atoms with Crippen molar-refractivity contribution in [1.82, 2.24) is 4.90 Å². The van der Waals surface area contributed by atoms with E-state index in [1.165, 1.54) is 17.0 Å². The first-order valence-electron chi connectivity index (χ1n) is 7.40. The van der Waals surface area contributed by atoms with Crippen molar-refractivity contribution >= 4 is 46.6 Å². The van der Waals surface area contributed by atoms with Crippen molar-refractivity contribution in [3.8, 4) is 0 Å². The largest absolute Gasteiger partial charge is 0.398 e. The Labute approximate surface area is 157 Å². The molecule has 1 fully saturated rings. The van der Waals surface area contributed by atoms with E-state index in [0.717, 1.165) is 0 Å². The first kappa shape index (κ1) is 20.5. The Balaban J connectivity index is 2.10. The zero-order valence-electron chi connectivity index (χ0n) is 13.2. The van der Waals surface area contributed by atoms with Crippen LogP contribution in [0.3, 0.4) is 0 Å². The van der Waals surface area contributed by atoms with Crippen molar-refractivity contribution in [1.29, 1.82) is 0 Å². The number of amides is 1. The molecule has 0 unspecified atom stereocenters. The summed E-state index contributed by atoms with van der Waals surface area (Å²) < 4.78 is 51.6. The Kier molecular flexibility index (Phi) is 6.73. The smallest absolute Gasteiger partial charge is 0.366 e. The minimum absolute atomic E-state index is 0.232. The summed E-state index contributed by atoms with van der Waals surface area (Å²) in [7, 11) is 0. The molecular weight excluding hydrogens is 403 g/mol. The molecule has 0 aromatic heterocycles. The number of hydrogen-bond acceptors (Lipinski definition) is 3. The lowest BCUT2D eigenvalue weighted by Gasteiger charge is -2.36. The highest BCUT2D eigenvalue weighted by Crippen LogP contribution is 2.34. The van der Waals surface area contributed by atoms with E-state index in [1.807, 2.05) is 0 Å². The van der Waals surface area contributed by atoms with Gasteiger partial charge in [-0.15, -0.1) is 11.8 Å². The van der Waals surface area contributed by atoms with Crippen LogP contribution in [0.2, 0.25) is 0 Å². The van der Waals surface area contributed by atoms with Crippen molar-refractivity contribution in [2.75, 3.05) is 36.8 Å². The maximum Gasteiger partial charge on any atom is 0.398 e. The number of aryl methyl sites for hydroxylation is 1. The van der Waals surface area contributed by atoms with Gasteiger partial charge in [0, 0.05) is 31.1 Å². The van der Waals surface area contributed by atoms with E-state index in [4.69, 9.17) is 23.2 Å². The van der Waals surface area contributed by atoms with Crippen LogP contribution in [-0.2, 0) is 4.79 Å². The zero-order chi connectivity index (χ0) is 18.8. The van der Waals surface area contributed by atoms with E-state index < -0.39 is 28.5 Å². The van der Waals surface area contributed by atoms with E-state index in [2.05, 4.69) is 0 Å². The third-order valence-corrected chi connectivity index (χ3v) is 5.35. The number of carbonyl (C=O) groups is 1. The Morgan fingerprint density at radius 1 is 1.24 bits per heavy atom. The number of alkyl halides is 5. The molecule has 2 rings (SSSR count). The Morgan fingerprint density at radius 2 is 1.84 bits per heavy atom. The fraction of sp³-hybridized carbons (Fsp3) is 0.533. The van der Waals surface area contributed by atoms with Crippen molar-refractivity contribution in [3.63, 3.8) is 0 Å². The van der Waals surface area contributed by atoms with Crippen molar-refractivity contribution in [2.45, 2.75) is 22.8 Å². The minimum atomic E-state index is -4.29. The molecule has 1 aliphatic heterocycles. The van der Waals surface area contributed by atoms with Gasteiger partial charge in [-0.05, 0) is 24.6 Å². The second-order valence-electron chi connectivity index (χ2n) is 5.59. The van der Waals surface area contributed by atoms with Gasteiger partial charge in [0.05, 0.1) is 11.4 Å². The molecule has 1 heterocycles. The average molecular weight is 419 g/mol. The summed E-state index contributed by atoms with van der Waals surface area (Å²) in [6.07, 6.45) is -4.29. The number of piperazine rings is 1. The number of thioether (sulfide) groups is 1. The predicted molar refractivity (Wildman–Crippen MR) is 92.2 cm³/mol. The van der Waals surface area contributed by atoms with Gasteiger partial charge < -0.3 is 9.80 Å². The lowest BCUT2D eigenvalue weighted by Crippen LogP contribution is -2.50. The highest BCUT2D eigenvalue weighted by atomic mass is 35.5. The number of rotatable bonds is 4. The van der Waals surface area contributed by atoms with Crippen LogP contribution in [-0.4, -0.2) is 53.8 Å². The zero-order valence-corrected chi connectivity index (χ0v) is 15.6. The molecular formula is C15H16Cl2F4N2OS. The lowest BCUT2D eigenvalue weighted by molar-refractivity contribution is -0.129. The standard InChI is InChI=1S/C15H16Cl2F4N2OS/c1-9-6-10(18)11(7-12(9)25-8-15(19,20)21)22-2-4-23(5-3-22)14(24)13(16)17/h6-7,13H,2-5,8H2,1H3. The highest BCUT2D eigenvalue weighted by molar-refractivity contribution is 7.99. The van der Waals surface area contributed by atoms with Crippen LogP contribution < -0.4 is 4.90 Å². The fourth-order valence-corrected chi connectivity index (χ4v) is 3.58. The van der Waals surface area contributed by atoms with Gasteiger partial charge in [0.15, 0.2) is 4.84 Å². The summed E-state index contributed by atoms with van der Waals surface area (Å²) in [4.78, 5) is 14.2. The molecule has 0 saturated carbocycles. The van der Waals surface area contributed by atoms with Crippen LogP contribution in [0, 0.1) is 12.7 Å². The lowest BCUT2D eigenvalue weighted by atomic mass is 10.2. The molecule has 10 heteroatoms. The summed E-state index contributed by atoms with van der Waals surface area (Å²) in [6, 6.07) is 2.67. The molecule has 140 valence electrons. The normalized spacial score (nSPS) is 15.8. The molecule has 0 atom stereocenters. The molecule has 1 aromatic rings. The Morgan fingerprint density at radius 3 is 2.36 bits per heavy atom. The number of hydrogen-bond donors (Lipinski definition) is 0. The van der Waals surface area contributed by atoms with Crippen LogP contribution in [0.15, 0.2) is 17.0 Å². The van der Waals surface area contributed by atoms with E-state index in [1.54, 1.807) is 11.8 Å². The molecule has 0 spiro atoms. The van der Waals surface area contributed by atoms with Gasteiger partial charge in [0.25, 0.3) is 5.91 Å². The number of halogens is 6. The van der Waals surface area contributed by atoms with Gasteiger partial charge in [-0.25, -0.2) is 4.39 Å². The summed E-state index contributed by atoms with van der Waals surface area (Å²) in [5, 5.41) is 0. The van der Waals surface area contributed by atoms with E-state index >= 15 is 0 Å². The number of anilines is 1. The van der Waals surface area contributed by atoms with Gasteiger partial charge in [-0.3, -0.25) is 4.79 Å². The summed E-state index contributed by atoms with van der Waals surface area (Å²) >= 11 is 11.7. The van der Waals surface area contributed by atoms with Crippen molar-refractivity contribution < 1.29 is 22.4 Å². The van der Waals surface area contributed by atoms with Crippen LogP contribution in [0.1, 0.15) is 5.56 Å². The summed E-state index contributed by atoms with van der Waals surface area (Å²) in [6.45, 7) is 2.88. The number of nitrogens with zero attached hydrogens (tertiary/aromatic N) is 2. The Hall–Kier alpha value is -0.860. The molecule has 0 N–H and O–H groups in total. The van der Waals surface area contributed by atoms with Crippen LogP contribution in [0.25, 0.3) is 0 Å². The van der Waals surface area contributed by atoms with Gasteiger partial charge in [0.1, 0.15) is 5.82 Å². The van der Waals surface area contributed by atoms with Crippen molar-refractivity contribution in [2.24, 2.45) is 0 Å². The maximum absolute atomic E-state index is 14.3. The third kappa shape index (κ3) is 5.56. The van der Waals surface area contributed by atoms with Crippen molar-refractivity contribution in [3.05, 3.63) is 23.5 Å². The van der Waals surface area contributed by atoms with Crippen LogP contribution in [0.5, 0.6) is 0 Å². The van der Waals surface area contributed by atoms with Crippen LogP contribution >= 0.6 is 35.0 Å². The number of benzene rings is 1. The predicted octanol–water partition coefficient (Wildman–Crippen LogP) is 4.24. The van der Waals surface area contributed by atoms with E-state index in [-0.39, 0.29) is 5.69 Å². The number of carbonyl (C=O) groups excluding carboxylic acids is 1. The summed E-state index contributed by atoms with van der Waals surface area (Å²) in [5.41, 5.74) is 0.687. The minimum Gasteiger partial charge on any atom is -0.366 e. The molecule has 25 heavy (non-hydrogen) atoms.